The zero-order chi connectivity index (χ0) is 19.0. The van der Waals surface area contributed by atoms with Gasteiger partial charge in [-0.15, -0.1) is 11.3 Å². The van der Waals surface area contributed by atoms with Crippen molar-refractivity contribution >= 4 is 28.8 Å². The molecular formula is C20H21ClN4OS. The molecule has 1 aromatic carbocycles. The molecule has 2 aromatic heterocycles. The maximum atomic E-state index is 12.5. The predicted octanol–water partition coefficient (Wildman–Crippen LogP) is 4.48. The fraction of sp³-hybridized carbons (Fsp3) is 0.350. The van der Waals surface area contributed by atoms with Crippen LogP contribution in [0.25, 0.3) is 0 Å². The molecule has 7 heteroatoms. The molecule has 5 nitrogen and oxygen atoms in total. The highest BCUT2D eigenvalue weighted by Crippen LogP contribution is 2.41. The van der Waals surface area contributed by atoms with Crippen LogP contribution in [0.3, 0.4) is 0 Å². The SMILES string of the molecule is CC1(C)Cc2c(cnn2Cc2cccc(Cl)c2)[C@@H](NC(=O)c2cscn2)C1. The summed E-state index contributed by atoms with van der Waals surface area (Å²) in [4.78, 5) is 16.6. The van der Waals surface area contributed by atoms with E-state index >= 15 is 0 Å². The molecule has 0 saturated heterocycles. The minimum absolute atomic E-state index is 0.0638. The van der Waals surface area contributed by atoms with Crippen LogP contribution in [-0.2, 0) is 13.0 Å². The van der Waals surface area contributed by atoms with Gasteiger partial charge in [-0.3, -0.25) is 9.48 Å². The Morgan fingerprint density at radius 2 is 2.30 bits per heavy atom. The lowest BCUT2D eigenvalue weighted by molar-refractivity contribution is 0.0914. The van der Waals surface area contributed by atoms with Crippen LogP contribution in [0, 0.1) is 5.41 Å². The van der Waals surface area contributed by atoms with Gasteiger partial charge in [0.05, 0.1) is 24.3 Å². The maximum absolute atomic E-state index is 12.5. The molecule has 1 N–H and O–H groups in total. The van der Waals surface area contributed by atoms with E-state index in [0.717, 1.165) is 29.0 Å². The smallest absolute Gasteiger partial charge is 0.271 e. The number of carbonyl (C=O) groups excluding carboxylic acids is 1. The molecule has 0 radical (unpaired) electrons. The Balaban J connectivity index is 1.62. The third-order valence-corrected chi connectivity index (χ3v) is 5.77. The molecule has 0 fully saturated rings. The van der Waals surface area contributed by atoms with Gasteiger partial charge in [0, 0.05) is 21.7 Å². The Bertz CT molecular complexity index is 964. The summed E-state index contributed by atoms with van der Waals surface area (Å²) in [5.74, 6) is -0.132. The minimum atomic E-state index is -0.132. The number of amides is 1. The van der Waals surface area contributed by atoms with Crippen molar-refractivity contribution < 1.29 is 4.79 Å². The largest absolute Gasteiger partial charge is 0.344 e. The second-order valence-corrected chi connectivity index (χ2v) is 8.93. The fourth-order valence-corrected chi connectivity index (χ4v) is 4.47. The lowest BCUT2D eigenvalue weighted by Gasteiger charge is -2.36. The van der Waals surface area contributed by atoms with Crippen molar-refractivity contribution in [3.05, 3.63) is 68.9 Å². The van der Waals surface area contributed by atoms with Crippen molar-refractivity contribution in [2.24, 2.45) is 5.41 Å². The summed E-state index contributed by atoms with van der Waals surface area (Å²) in [6.45, 7) is 5.13. The Morgan fingerprint density at radius 3 is 3.04 bits per heavy atom. The van der Waals surface area contributed by atoms with Crippen molar-refractivity contribution in [2.45, 2.75) is 39.3 Å². The van der Waals surface area contributed by atoms with E-state index in [2.05, 4.69) is 35.3 Å². The Labute approximate surface area is 167 Å². The maximum Gasteiger partial charge on any atom is 0.271 e. The second-order valence-electron chi connectivity index (χ2n) is 7.78. The first-order valence-electron chi connectivity index (χ1n) is 8.89. The van der Waals surface area contributed by atoms with E-state index in [1.807, 2.05) is 29.1 Å². The van der Waals surface area contributed by atoms with Crippen LogP contribution in [0.4, 0.5) is 0 Å². The van der Waals surface area contributed by atoms with Crippen LogP contribution < -0.4 is 5.32 Å². The van der Waals surface area contributed by atoms with E-state index in [1.54, 1.807) is 10.9 Å². The molecule has 27 heavy (non-hydrogen) atoms. The van der Waals surface area contributed by atoms with E-state index in [4.69, 9.17) is 11.6 Å². The van der Waals surface area contributed by atoms with Gasteiger partial charge in [0.15, 0.2) is 0 Å². The third kappa shape index (κ3) is 3.92. The van der Waals surface area contributed by atoms with Crippen molar-refractivity contribution in [3.63, 3.8) is 0 Å². The van der Waals surface area contributed by atoms with Crippen LogP contribution in [0.15, 0.2) is 41.4 Å². The normalized spacial score (nSPS) is 18.1. The number of carbonyl (C=O) groups is 1. The number of nitrogens with one attached hydrogen (secondary N) is 1. The van der Waals surface area contributed by atoms with Gasteiger partial charge in [0.25, 0.3) is 5.91 Å². The predicted molar refractivity (Wildman–Crippen MR) is 107 cm³/mol. The van der Waals surface area contributed by atoms with Gasteiger partial charge in [-0.2, -0.15) is 5.10 Å². The molecule has 1 atom stereocenters. The Hall–Kier alpha value is -2.18. The van der Waals surface area contributed by atoms with Crippen LogP contribution in [-0.4, -0.2) is 20.7 Å². The summed E-state index contributed by atoms with van der Waals surface area (Å²) in [5, 5.41) is 10.3. The highest BCUT2D eigenvalue weighted by Gasteiger charge is 2.36. The molecule has 0 aliphatic heterocycles. The van der Waals surface area contributed by atoms with Gasteiger partial charge < -0.3 is 5.32 Å². The number of rotatable bonds is 4. The Kier molecular flexibility index (Phi) is 4.78. The standard InChI is InChI=1S/C20H21ClN4OS/c1-20(2)7-16(24-19(26)17-11-27-12-22-17)15-9-23-25(18(15)8-20)10-13-4-3-5-14(21)6-13/h3-6,9,11-12,16H,7-8,10H2,1-2H3,(H,24,26)/t16-/m0/s1. The summed E-state index contributed by atoms with van der Waals surface area (Å²) in [6.07, 6.45) is 3.69. The van der Waals surface area contributed by atoms with Gasteiger partial charge in [-0.25, -0.2) is 4.98 Å². The molecular weight excluding hydrogens is 380 g/mol. The summed E-state index contributed by atoms with van der Waals surface area (Å²) in [6, 6.07) is 7.78. The van der Waals surface area contributed by atoms with Crippen molar-refractivity contribution in [2.75, 3.05) is 0 Å². The molecule has 1 aliphatic carbocycles. The van der Waals surface area contributed by atoms with Crippen LogP contribution >= 0.6 is 22.9 Å². The second kappa shape index (κ2) is 7.09. The molecule has 0 bridgehead atoms. The molecule has 0 unspecified atom stereocenters. The first-order valence-corrected chi connectivity index (χ1v) is 10.2. The molecule has 1 amide bonds. The summed E-state index contributed by atoms with van der Waals surface area (Å²) in [7, 11) is 0. The van der Waals surface area contributed by atoms with E-state index in [1.165, 1.54) is 17.0 Å². The van der Waals surface area contributed by atoms with E-state index < -0.39 is 0 Å². The number of halogens is 1. The Morgan fingerprint density at radius 1 is 1.44 bits per heavy atom. The fourth-order valence-electron chi connectivity index (χ4n) is 3.73. The number of hydrogen-bond donors (Lipinski definition) is 1. The van der Waals surface area contributed by atoms with Crippen molar-refractivity contribution in [3.8, 4) is 0 Å². The number of fused-ring (bicyclic) bond motifs is 1. The van der Waals surface area contributed by atoms with Gasteiger partial charge in [-0.1, -0.05) is 37.6 Å². The zero-order valence-corrected chi connectivity index (χ0v) is 16.8. The summed E-state index contributed by atoms with van der Waals surface area (Å²) < 4.78 is 2.03. The molecule has 0 spiro atoms. The lowest BCUT2D eigenvalue weighted by Crippen LogP contribution is -2.37. The number of benzene rings is 1. The van der Waals surface area contributed by atoms with Crippen molar-refractivity contribution in [1.29, 1.82) is 0 Å². The highest BCUT2D eigenvalue weighted by molar-refractivity contribution is 7.07. The van der Waals surface area contributed by atoms with Crippen LogP contribution in [0.1, 0.15) is 53.6 Å². The average Bonchev–Trinajstić information content (AvgIpc) is 3.25. The summed E-state index contributed by atoms with van der Waals surface area (Å²) >= 11 is 7.54. The quantitative estimate of drug-likeness (QED) is 0.702. The minimum Gasteiger partial charge on any atom is -0.344 e. The number of aromatic nitrogens is 3. The lowest BCUT2D eigenvalue weighted by atomic mass is 9.74. The van der Waals surface area contributed by atoms with Gasteiger partial charge in [-0.05, 0) is 36.0 Å². The molecule has 2 heterocycles. The van der Waals surface area contributed by atoms with Crippen molar-refractivity contribution in [1.82, 2.24) is 20.1 Å². The topological polar surface area (TPSA) is 59.8 Å². The first kappa shape index (κ1) is 18.2. The monoisotopic (exact) mass is 400 g/mol. The summed E-state index contributed by atoms with van der Waals surface area (Å²) in [5.41, 5.74) is 5.60. The molecule has 0 saturated carbocycles. The highest BCUT2D eigenvalue weighted by atomic mass is 35.5. The van der Waals surface area contributed by atoms with Crippen LogP contribution in [0.5, 0.6) is 0 Å². The molecule has 4 rings (SSSR count). The molecule has 140 valence electrons. The first-order chi connectivity index (χ1) is 12.9. The van der Waals surface area contributed by atoms with Gasteiger partial charge in [0.1, 0.15) is 5.69 Å². The number of hydrogen-bond acceptors (Lipinski definition) is 4. The van der Waals surface area contributed by atoms with Gasteiger partial charge >= 0.3 is 0 Å². The molecule has 1 aliphatic rings. The van der Waals surface area contributed by atoms with E-state index in [0.29, 0.717) is 12.2 Å². The zero-order valence-electron chi connectivity index (χ0n) is 15.3. The average molecular weight is 401 g/mol. The number of nitrogens with zero attached hydrogens (tertiary/aromatic N) is 3. The van der Waals surface area contributed by atoms with E-state index in [9.17, 15) is 4.79 Å². The molecule has 3 aromatic rings. The third-order valence-electron chi connectivity index (χ3n) is 4.95. The van der Waals surface area contributed by atoms with Gasteiger partial charge in [0.2, 0.25) is 0 Å². The van der Waals surface area contributed by atoms with Crippen LogP contribution in [0.2, 0.25) is 5.02 Å². The van der Waals surface area contributed by atoms with E-state index in [-0.39, 0.29) is 17.4 Å². The number of thiazole rings is 1.